The number of halogens is 1. The Balaban J connectivity index is 0. The van der Waals surface area contributed by atoms with Gasteiger partial charge in [0.25, 0.3) is 10.1 Å². The monoisotopic (exact) mass is 471 g/mol. The number of aliphatic hydroxyl groups is 1. The average molecular weight is 472 g/mol. The second-order valence-electron chi connectivity index (χ2n) is 9.55. The van der Waals surface area contributed by atoms with E-state index in [0.29, 0.717) is 11.0 Å². The molecule has 0 rings (SSSR count). The predicted molar refractivity (Wildman–Crippen MR) is 124 cm³/mol. The molecule has 0 amide bonds. The molecule has 2 N–H and O–H groups in total. The highest BCUT2D eigenvalue weighted by atomic mass is 35.5. The van der Waals surface area contributed by atoms with Gasteiger partial charge in [-0.1, -0.05) is 96.8 Å². The van der Waals surface area contributed by atoms with Crippen molar-refractivity contribution >= 4 is 10.1 Å². The van der Waals surface area contributed by atoms with Crippen molar-refractivity contribution in [2.45, 2.75) is 116 Å². The summed E-state index contributed by atoms with van der Waals surface area (Å²) in [6.45, 7) is 3.53. The van der Waals surface area contributed by atoms with Gasteiger partial charge in [-0.3, -0.25) is 4.55 Å². The lowest BCUT2D eigenvalue weighted by atomic mass is 10.0. The van der Waals surface area contributed by atoms with Gasteiger partial charge in [-0.25, -0.2) is 0 Å². The topological polar surface area (TPSA) is 74.6 Å². The third kappa shape index (κ3) is 24.4. The van der Waals surface area contributed by atoms with Gasteiger partial charge in [-0.05, 0) is 12.8 Å². The standard InChI is InChI=1S/C23H49NO4S.ClH/c1-4-5-6-7-8-9-10-11-12-13-14-15-16-17-18-19-20-24(2,3)21-23(25)22-29(26,27)28;/h23,25H,4-22H2,1-3H3;1H. The van der Waals surface area contributed by atoms with E-state index in [1.165, 1.54) is 96.3 Å². The maximum Gasteiger partial charge on any atom is 0.267 e. The molecular weight excluding hydrogens is 422 g/mol. The van der Waals surface area contributed by atoms with Crippen molar-refractivity contribution in [2.24, 2.45) is 0 Å². The Bertz CT molecular complexity index is 472. The third-order valence-electron chi connectivity index (χ3n) is 5.72. The van der Waals surface area contributed by atoms with Gasteiger partial charge in [-0.15, -0.1) is 0 Å². The van der Waals surface area contributed by atoms with Crippen LogP contribution >= 0.6 is 0 Å². The van der Waals surface area contributed by atoms with Crippen molar-refractivity contribution in [3.63, 3.8) is 0 Å². The zero-order valence-electron chi connectivity index (χ0n) is 20.0. The van der Waals surface area contributed by atoms with E-state index in [-0.39, 0.29) is 12.4 Å². The summed E-state index contributed by atoms with van der Waals surface area (Å²) in [7, 11) is -0.111. The maximum absolute atomic E-state index is 10.8. The Morgan fingerprint density at radius 1 is 0.700 bits per heavy atom. The summed E-state index contributed by atoms with van der Waals surface area (Å²) >= 11 is 0. The maximum atomic E-state index is 10.8. The summed E-state index contributed by atoms with van der Waals surface area (Å²) in [5, 5.41) is 9.80. The number of hydrogen-bond acceptors (Lipinski definition) is 3. The van der Waals surface area contributed by atoms with E-state index in [4.69, 9.17) is 4.55 Å². The Kier molecular flexibility index (Phi) is 21.3. The minimum absolute atomic E-state index is 0. The van der Waals surface area contributed by atoms with E-state index in [1.807, 2.05) is 14.1 Å². The summed E-state index contributed by atoms with van der Waals surface area (Å²) in [5.74, 6) is -0.576. The van der Waals surface area contributed by atoms with Crippen LogP contribution in [0.15, 0.2) is 0 Å². The van der Waals surface area contributed by atoms with E-state index >= 15 is 0 Å². The molecular formula is C23H50ClNO4S. The lowest BCUT2D eigenvalue weighted by Crippen LogP contribution is -3.00. The van der Waals surface area contributed by atoms with Gasteiger partial charge in [0.1, 0.15) is 18.4 Å². The van der Waals surface area contributed by atoms with Gasteiger partial charge >= 0.3 is 0 Å². The van der Waals surface area contributed by atoms with Gasteiger partial charge < -0.3 is 22.0 Å². The van der Waals surface area contributed by atoms with Crippen molar-refractivity contribution in [2.75, 3.05) is 32.9 Å². The van der Waals surface area contributed by atoms with Crippen molar-refractivity contribution in [3.8, 4) is 0 Å². The fourth-order valence-corrected chi connectivity index (χ4v) is 4.64. The Hall–Kier alpha value is 0.120. The molecule has 0 heterocycles. The van der Waals surface area contributed by atoms with Crippen molar-refractivity contribution < 1.29 is 35.0 Å². The molecule has 0 saturated heterocycles. The molecule has 0 aliphatic heterocycles. The van der Waals surface area contributed by atoms with Crippen molar-refractivity contribution in [1.29, 1.82) is 0 Å². The quantitative estimate of drug-likeness (QED) is 0.153. The van der Waals surface area contributed by atoms with Crippen LogP contribution in [0, 0.1) is 0 Å². The average Bonchev–Trinajstić information content (AvgIpc) is 2.59. The minimum Gasteiger partial charge on any atom is -1.00 e. The van der Waals surface area contributed by atoms with Crippen molar-refractivity contribution in [3.05, 3.63) is 0 Å². The first kappa shape index (κ1) is 32.3. The SMILES string of the molecule is CCCCCCCCCCCCCCCCCC[N+](C)(C)CC(O)CS(=O)(=O)O.[Cl-]. The van der Waals surface area contributed by atoms with Crippen molar-refractivity contribution in [1.82, 2.24) is 0 Å². The first-order chi connectivity index (χ1) is 13.7. The number of aliphatic hydroxyl groups excluding tert-OH is 1. The van der Waals surface area contributed by atoms with Gasteiger partial charge in [0.2, 0.25) is 0 Å². The Morgan fingerprint density at radius 2 is 1.03 bits per heavy atom. The normalized spacial score (nSPS) is 13.2. The van der Waals surface area contributed by atoms with Crippen LogP contribution in [0.25, 0.3) is 0 Å². The van der Waals surface area contributed by atoms with Gasteiger partial charge in [0, 0.05) is 0 Å². The van der Waals surface area contributed by atoms with Gasteiger partial charge in [-0.2, -0.15) is 8.42 Å². The minimum atomic E-state index is -4.11. The summed E-state index contributed by atoms with van der Waals surface area (Å²) in [4.78, 5) is 0. The molecule has 0 fully saturated rings. The second kappa shape index (κ2) is 19.8. The zero-order valence-corrected chi connectivity index (χ0v) is 21.5. The number of hydrogen-bond donors (Lipinski definition) is 2. The molecule has 0 saturated carbocycles. The first-order valence-electron chi connectivity index (χ1n) is 12.1. The number of likely N-dealkylation sites (N-methyl/N-ethyl adjacent to an activating group) is 1. The molecule has 0 bridgehead atoms. The fraction of sp³-hybridized carbons (Fsp3) is 1.00. The first-order valence-corrected chi connectivity index (χ1v) is 13.7. The molecule has 1 atom stereocenters. The lowest BCUT2D eigenvalue weighted by Gasteiger charge is -2.31. The fourth-order valence-electron chi connectivity index (χ4n) is 4.05. The second-order valence-corrected chi connectivity index (χ2v) is 11.0. The molecule has 0 spiro atoms. The number of rotatable bonds is 21. The highest BCUT2D eigenvalue weighted by Crippen LogP contribution is 2.14. The Labute approximate surface area is 193 Å². The highest BCUT2D eigenvalue weighted by molar-refractivity contribution is 7.85. The van der Waals surface area contributed by atoms with E-state index in [0.717, 1.165) is 13.0 Å². The molecule has 0 aromatic carbocycles. The number of unbranched alkanes of at least 4 members (excludes halogenated alkanes) is 15. The molecule has 0 aromatic heterocycles. The zero-order chi connectivity index (χ0) is 22.0. The van der Waals surface area contributed by atoms with E-state index in [2.05, 4.69) is 6.92 Å². The van der Waals surface area contributed by atoms with Crippen LogP contribution in [0.2, 0.25) is 0 Å². The number of quaternary nitrogens is 1. The van der Waals surface area contributed by atoms with E-state index in [9.17, 15) is 13.5 Å². The van der Waals surface area contributed by atoms with Crippen LogP contribution < -0.4 is 12.4 Å². The highest BCUT2D eigenvalue weighted by Gasteiger charge is 2.23. The molecule has 184 valence electrons. The lowest BCUT2D eigenvalue weighted by molar-refractivity contribution is -0.893. The molecule has 1 unspecified atom stereocenters. The van der Waals surface area contributed by atoms with Gasteiger partial charge in [0.05, 0.1) is 20.6 Å². The number of nitrogens with zero attached hydrogens (tertiary/aromatic N) is 1. The molecule has 0 radical (unpaired) electrons. The van der Waals surface area contributed by atoms with Gasteiger partial charge in [0.15, 0.2) is 0 Å². The van der Waals surface area contributed by atoms with Crippen LogP contribution in [0.4, 0.5) is 0 Å². The van der Waals surface area contributed by atoms with E-state index < -0.39 is 22.0 Å². The Morgan fingerprint density at radius 3 is 1.37 bits per heavy atom. The predicted octanol–water partition coefficient (Wildman–Crippen LogP) is 2.58. The van der Waals surface area contributed by atoms with Crippen LogP contribution in [0.3, 0.4) is 0 Å². The summed E-state index contributed by atoms with van der Waals surface area (Å²) in [6.07, 6.45) is 20.5. The van der Waals surface area contributed by atoms with Crippen LogP contribution in [-0.4, -0.2) is 61.6 Å². The molecule has 30 heavy (non-hydrogen) atoms. The van der Waals surface area contributed by atoms with E-state index in [1.54, 1.807) is 0 Å². The summed E-state index contributed by atoms with van der Waals surface area (Å²) in [5.41, 5.74) is 0. The molecule has 5 nitrogen and oxygen atoms in total. The van der Waals surface area contributed by atoms with Crippen LogP contribution in [-0.2, 0) is 10.1 Å². The molecule has 0 aliphatic rings. The van der Waals surface area contributed by atoms with Crippen LogP contribution in [0.5, 0.6) is 0 Å². The van der Waals surface area contributed by atoms with Crippen LogP contribution in [0.1, 0.15) is 110 Å². The summed E-state index contributed by atoms with van der Waals surface area (Å²) in [6, 6.07) is 0. The summed E-state index contributed by atoms with van der Waals surface area (Å²) < 4.78 is 31.1. The molecule has 7 heteroatoms. The molecule has 0 aliphatic carbocycles. The largest absolute Gasteiger partial charge is 1.00 e. The third-order valence-corrected chi connectivity index (χ3v) is 6.53. The smallest absolute Gasteiger partial charge is 0.267 e. The molecule has 0 aromatic rings.